The third-order valence-corrected chi connectivity index (χ3v) is 5.55. The van der Waals surface area contributed by atoms with E-state index < -0.39 is 0 Å². The Morgan fingerprint density at radius 2 is 1.92 bits per heavy atom. The predicted octanol–water partition coefficient (Wildman–Crippen LogP) is 4.89. The summed E-state index contributed by atoms with van der Waals surface area (Å²) in [5.74, 6) is -0.307. The number of amides is 1. The summed E-state index contributed by atoms with van der Waals surface area (Å²) < 4.78 is 5.23. The van der Waals surface area contributed by atoms with Gasteiger partial charge in [-0.25, -0.2) is 4.79 Å². The molecule has 0 spiro atoms. The van der Waals surface area contributed by atoms with Crippen molar-refractivity contribution in [3.63, 3.8) is 0 Å². The monoisotopic (exact) mass is 357 g/mol. The van der Waals surface area contributed by atoms with E-state index in [1.807, 2.05) is 17.5 Å². The van der Waals surface area contributed by atoms with E-state index in [0.29, 0.717) is 17.2 Å². The van der Waals surface area contributed by atoms with E-state index in [-0.39, 0.29) is 17.8 Å². The summed E-state index contributed by atoms with van der Waals surface area (Å²) in [5, 5.41) is 5.45. The fourth-order valence-electron chi connectivity index (χ4n) is 2.87. The van der Waals surface area contributed by atoms with Gasteiger partial charge in [-0.3, -0.25) is 4.79 Å². The van der Waals surface area contributed by atoms with E-state index in [2.05, 4.69) is 24.4 Å². The lowest BCUT2D eigenvalue weighted by molar-refractivity contribution is -0.122. The van der Waals surface area contributed by atoms with Crippen molar-refractivity contribution in [2.45, 2.75) is 39.5 Å². The van der Waals surface area contributed by atoms with Gasteiger partial charge in [0.1, 0.15) is 10.6 Å². The van der Waals surface area contributed by atoms with Gasteiger partial charge in [-0.15, -0.1) is 11.3 Å². The molecule has 132 valence electrons. The molecule has 25 heavy (non-hydrogen) atoms. The number of hydrogen-bond donors (Lipinski definition) is 1. The molecule has 0 radical (unpaired) electrons. The number of carbonyl (C=O) groups is 2. The maximum atomic E-state index is 12.5. The third-order valence-electron chi connectivity index (χ3n) is 4.66. The Balaban J connectivity index is 1.93. The SMILES string of the molecule is CCOC(=O)c1c(-c2ccc(CC)cc2)csc1NC(=O)C1CCC1. The van der Waals surface area contributed by atoms with E-state index in [0.717, 1.165) is 36.8 Å². The van der Waals surface area contributed by atoms with Gasteiger partial charge in [-0.1, -0.05) is 37.6 Å². The van der Waals surface area contributed by atoms with Gasteiger partial charge < -0.3 is 10.1 Å². The van der Waals surface area contributed by atoms with Gasteiger partial charge in [-0.05, 0) is 37.3 Å². The van der Waals surface area contributed by atoms with Gasteiger partial charge in [0.2, 0.25) is 5.91 Å². The molecule has 1 aliphatic rings. The molecule has 1 aromatic carbocycles. The lowest BCUT2D eigenvalue weighted by Gasteiger charge is -2.23. The summed E-state index contributed by atoms with van der Waals surface area (Å²) in [5.41, 5.74) is 3.48. The molecule has 0 atom stereocenters. The fourth-order valence-corrected chi connectivity index (χ4v) is 3.83. The second kappa shape index (κ2) is 7.83. The van der Waals surface area contributed by atoms with E-state index >= 15 is 0 Å². The summed E-state index contributed by atoms with van der Waals surface area (Å²) in [4.78, 5) is 24.8. The van der Waals surface area contributed by atoms with Crippen molar-refractivity contribution in [3.8, 4) is 11.1 Å². The van der Waals surface area contributed by atoms with Crippen LogP contribution in [0.25, 0.3) is 11.1 Å². The van der Waals surface area contributed by atoms with E-state index in [1.54, 1.807) is 6.92 Å². The summed E-state index contributed by atoms with van der Waals surface area (Å²) in [7, 11) is 0. The van der Waals surface area contributed by atoms with Gasteiger partial charge in [0.15, 0.2) is 0 Å². The van der Waals surface area contributed by atoms with Crippen LogP contribution in [-0.2, 0) is 16.0 Å². The fraction of sp³-hybridized carbons (Fsp3) is 0.400. The Hall–Kier alpha value is -2.14. The third kappa shape index (κ3) is 3.76. The zero-order valence-electron chi connectivity index (χ0n) is 14.6. The maximum Gasteiger partial charge on any atom is 0.341 e. The largest absolute Gasteiger partial charge is 0.462 e. The molecule has 1 amide bonds. The number of aryl methyl sites for hydroxylation is 1. The number of rotatable bonds is 6. The summed E-state index contributed by atoms with van der Waals surface area (Å²) in [6.07, 6.45) is 3.92. The van der Waals surface area contributed by atoms with Crippen molar-refractivity contribution in [3.05, 3.63) is 40.8 Å². The van der Waals surface area contributed by atoms with Crippen molar-refractivity contribution in [2.24, 2.45) is 5.92 Å². The number of hydrogen-bond acceptors (Lipinski definition) is 4. The minimum atomic E-state index is -0.387. The number of nitrogens with one attached hydrogen (secondary N) is 1. The van der Waals surface area contributed by atoms with Crippen LogP contribution in [0.15, 0.2) is 29.6 Å². The van der Waals surface area contributed by atoms with Crippen LogP contribution in [0.4, 0.5) is 5.00 Å². The molecule has 3 rings (SSSR count). The van der Waals surface area contributed by atoms with Crippen LogP contribution < -0.4 is 5.32 Å². The molecule has 1 fully saturated rings. The highest BCUT2D eigenvalue weighted by molar-refractivity contribution is 7.15. The zero-order chi connectivity index (χ0) is 17.8. The maximum absolute atomic E-state index is 12.5. The average molecular weight is 357 g/mol. The lowest BCUT2D eigenvalue weighted by Crippen LogP contribution is -2.28. The zero-order valence-corrected chi connectivity index (χ0v) is 15.4. The number of ether oxygens (including phenoxy) is 1. The number of carbonyl (C=O) groups excluding carboxylic acids is 2. The van der Waals surface area contributed by atoms with Crippen LogP contribution in [0.1, 0.15) is 49.0 Å². The smallest absolute Gasteiger partial charge is 0.341 e. The van der Waals surface area contributed by atoms with Gasteiger partial charge in [0, 0.05) is 16.9 Å². The highest BCUT2D eigenvalue weighted by atomic mass is 32.1. The van der Waals surface area contributed by atoms with Crippen LogP contribution in [0.3, 0.4) is 0 Å². The number of benzene rings is 1. The number of esters is 1. The molecule has 5 heteroatoms. The minimum absolute atomic E-state index is 0.00605. The van der Waals surface area contributed by atoms with Gasteiger partial charge >= 0.3 is 5.97 Å². The van der Waals surface area contributed by atoms with Crippen molar-refractivity contribution in [1.29, 1.82) is 0 Å². The lowest BCUT2D eigenvalue weighted by atomic mass is 9.85. The Morgan fingerprint density at radius 1 is 1.20 bits per heavy atom. The van der Waals surface area contributed by atoms with Gasteiger partial charge in [0.05, 0.1) is 6.61 Å². The average Bonchev–Trinajstić information content (AvgIpc) is 2.97. The van der Waals surface area contributed by atoms with E-state index in [9.17, 15) is 9.59 Å². The molecule has 1 aliphatic carbocycles. The Kier molecular flexibility index (Phi) is 5.53. The van der Waals surface area contributed by atoms with Crippen LogP contribution >= 0.6 is 11.3 Å². The van der Waals surface area contributed by atoms with E-state index in [4.69, 9.17) is 4.74 Å². The molecule has 1 heterocycles. The molecule has 1 N–H and O–H groups in total. The molecule has 4 nitrogen and oxygen atoms in total. The molecular weight excluding hydrogens is 334 g/mol. The minimum Gasteiger partial charge on any atom is -0.462 e. The molecule has 0 aliphatic heterocycles. The Labute approximate surface area is 152 Å². The molecule has 0 saturated heterocycles. The summed E-state index contributed by atoms with van der Waals surface area (Å²) in [6.45, 7) is 4.20. The Bertz CT molecular complexity index is 760. The predicted molar refractivity (Wildman–Crippen MR) is 101 cm³/mol. The topological polar surface area (TPSA) is 55.4 Å². The Morgan fingerprint density at radius 3 is 2.48 bits per heavy atom. The highest BCUT2D eigenvalue weighted by Gasteiger charge is 2.28. The second-order valence-electron chi connectivity index (χ2n) is 6.24. The molecule has 0 unspecified atom stereocenters. The summed E-state index contributed by atoms with van der Waals surface area (Å²) in [6, 6.07) is 8.16. The van der Waals surface area contributed by atoms with Crippen molar-refractivity contribution in [1.82, 2.24) is 0 Å². The van der Waals surface area contributed by atoms with Crippen molar-refractivity contribution < 1.29 is 14.3 Å². The molecular formula is C20H23NO3S. The van der Waals surface area contributed by atoms with Crippen LogP contribution in [-0.4, -0.2) is 18.5 Å². The first-order valence-electron chi connectivity index (χ1n) is 8.82. The molecule has 1 saturated carbocycles. The first-order chi connectivity index (χ1) is 12.1. The van der Waals surface area contributed by atoms with Gasteiger partial charge in [0.25, 0.3) is 0 Å². The normalized spacial score (nSPS) is 14.0. The molecule has 0 bridgehead atoms. The first kappa shape index (κ1) is 17.7. The standard InChI is InChI=1S/C20H23NO3S/c1-3-13-8-10-14(11-9-13)16-12-25-19(17(16)20(23)24-4-2)21-18(22)15-6-5-7-15/h8-12,15H,3-7H2,1-2H3,(H,21,22). The second-order valence-corrected chi connectivity index (χ2v) is 7.12. The van der Waals surface area contributed by atoms with Crippen LogP contribution in [0.2, 0.25) is 0 Å². The summed E-state index contributed by atoms with van der Waals surface area (Å²) >= 11 is 1.38. The van der Waals surface area contributed by atoms with Crippen LogP contribution in [0, 0.1) is 5.92 Å². The number of anilines is 1. The van der Waals surface area contributed by atoms with Crippen molar-refractivity contribution >= 4 is 28.2 Å². The quantitative estimate of drug-likeness (QED) is 0.749. The first-order valence-corrected chi connectivity index (χ1v) is 9.70. The van der Waals surface area contributed by atoms with Crippen molar-refractivity contribution in [2.75, 3.05) is 11.9 Å². The van der Waals surface area contributed by atoms with Gasteiger partial charge in [-0.2, -0.15) is 0 Å². The van der Waals surface area contributed by atoms with Crippen LogP contribution in [0.5, 0.6) is 0 Å². The molecule has 2 aromatic rings. The molecule has 1 aromatic heterocycles. The highest BCUT2D eigenvalue weighted by Crippen LogP contribution is 2.37. The number of thiophene rings is 1. The van der Waals surface area contributed by atoms with E-state index in [1.165, 1.54) is 16.9 Å².